The highest BCUT2D eigenvalue weighted by Gasteiger charge is 1.85. The second-order valence-corrected chi connectivity index (χ2v) is 2.57. The van der Waals surface area contributed by atoms with Gasteiger partial charge in [0.1, 0.15) is 5.84 Å². The Balaban J connectivity index is 3.19. The molecule has 0 atom stereocenters. The van der Waals surface area contributed by atoms with Gasteiger partial charge in [-0.05, 0) is 12.5 Å². The summed E-state index contributed by atoms with van der Waals surface area (Å²) in [5.74, 6) is 0.557. The third kappa shape index (κ3) is 7.10. The molecule has 64 valence electrons. The fourth-order valence-electron chi connectivity index (χ4n) is 0.811. The van der Waals surface area contributed by atoms with E-state index >= 15 is 0 Å². The Morgan fingerprint density at radius 1 is 1.45 bits per heavy atom. The Morgan fingerprint density at radius 3 is 2.73 bits per heavy atom. The normalized spacial score (nSPS) is 11.5. The summed E-state index contributed by atoms with van der Waals surface area (Å²) >= 11 is 0. The van der Waals surface area contributed by atoms with Gasteiger partial charge in [0.15, 0.2) is 0 Å². The van der Waals surface area contributed by atoms with Crippen LogP contribution >= 0.6 is 0 Å². The van der Waals surface area contributed by atoms with Crippen LogP contribution < -0.4 is 5.73 Å². The molecule has 11 heavy (non-hydrogen) atoms. The first-order chi connectivity index (χ1) is 5.31. The average Bonchev–Trinajstić information content (AvgIpc) is 2.04. The first kappa shape index (κ1) is 10.2. The molecule has 2 N–H and O–H groups in total. The fraction of sp³-hybridized carbons (Fsp3) is 0.667. The van der Waals surface area contributed by atoms with Crippen molar-refractivity contribution in [3.8, 4) is 0 Å². The lowest BCUT2D eigenvalue weighted by Crippen LogP contribution is -2.07. The quantitative estimate of drug-likeness (QED) is 0.355. The molecule has 0 saturated heterocycles. The van der Waals surface area contributed by atoms with Gasteiger partial charge in [0.25, 0.3) is 0 Å². The first-order valence-corrected chi connectivity index (χ1v) is 4.23. The van der Waals surface area contributed by atoms with Crippen LogP contribution in [-0.2, 0) is 0 Å². The summed E-state index contributed by atoms with van der Waals surface area (Å²) in [6.07, 6.45) is 6.54. The van der Waals surface area contributed by atoms with Crippen LogP contribution in [-0.4, -0.2) is 12.4 Å². The van der Waals surface area contributed by atoms with Gasteiger partial charge in [-0.25, -0.2) is 0 Å². The van der Waals surface area contributed by atoms with Gasteiger partial charge in [0, 0.05) is 6.54 Å². The van der Waals surface area contributed by atoms with E-state index in [-0.39, 0.29) is 0 Å². The second-order valence-electron chi connectivity index (χ2n) is 2.57. The maximum Gasteiger partial charge on any atom is 0.117 e. The molecule has 0 aromatic rings. The highest BCUT2D eigenvalue weighted by Crippen LogP contribution is 1.98. The molecule has 0 radical (unpaired) electrons. The zero-order chi connectivity index (χ0) is 8.53. The molecule has 2 nitrogen and oxygen atoms in total. The van der Waals surface area contributed by atoms with E-state index in [4.69, 9.17) is 5.73 Å². The fourth-order valence-corrected chi connectivity index (χ4v) is 0.811. The highest BCUT2D eigenvalue weighted by atomic mass is 14.8. The Labute approximate surface area is 69.2 Å². The molecule has 0 amide bonds. The minimum Gasteiger partial charge on any atom is -0.384 e. The smallest absolute Gasteiger partial charge is 0.117 e. The minimum absolute atomic E-state index is 0.557. The van der Waals surface area contributed by atoms with E-state index in [9.17, 15) is 0 Å². The van der Waals surface area contributed by atoms with Crippen LogP contribution in [0.3, 0.4) is 0 Å². The summed E-state index contributed by atoms with van der Waals surface area (Å²) in [5.41, 5.74) is 5.42. The van der Waals surface area contributed by atoms with E-state index < -0.39 is 0 Å². The third-order valence-electron chi connectivity index (χ3n) is 1.52. The minimum atomic E-state index is 0.557. The van der Waals surface area contributed by atoms with Gasteiger partial charge in [0.2, 0.25) is 0 Å². The monoisotopic (exact) mass is 154 g/mol. The number of hydrogen-bond donors (Lipinski definition) is 1. The molecule has 0 aromatic heterocycles. The molecule has 0 bridgehead atoms. The molecule has 0 unspecified atom stereocenters. The van der Waals surface area contributed by atoms with Crippen molar-refractivity contribution >= 4 is 5.84 Å². The molecular formula is C9H18N2. The summed E-state index contributed by atoms with van der Waals surface area (Å²) in [6.45, 7) is 6.56. The highest BCUT2D eigenvalue weighted by molar-refractivity contribution is 5.90. The lowest BCUT2D eigenvalue weighted by Gasteiger charge is -1.95. The van der Waals surface area contributed by atoms with Crippen molar-refractivity contribution in [2.24, 2.45) is 10.7 Å². The Morgan fingerprint density at radius 2 is 2.18 bits per heavy atom. The maximum absolute atomic E-state index is 5.42. The zero-order valence-corrected chi connectivity index (χ0v) is 7.34. The van der Waals surface area contributed by atoms with Crippen LogP contribution in [0.1, 0.15) is 32.6 Å². The van der Waals surface area contributed by atoms with E-state index in [0.29, 0.717) is 5.84 Å². The lowest BCUT2D eigenvalue weighted by atomic mass is 10.2. The van der Waals surface area contributed by atoms with E-state index in [2.05, 4.69) is 18.5 Å². The Hall–Kier alpha value is -0.790. The molecule has 0 aromatic carbocycles. The van der Waals surface area contributed by atoms with E-state index in [1.165, 1.54) is 19.3 Å². The topological polar surface area (TPSA) is 38.4 Å². The Kier molecular flexibility index (Phi) is 6.79. The van der Waals surface area contributed by atoms with Crippen molar-refractivity contribution in [3.05, 3.63) is 12.7 Å². The molecular weight excluding hydrogens is 136 g/mol. The van der Waals surface area contributed by atoms with Crippen LogP contribution in [0.5, 0.6) is 0 Å². The molecule has 0 spiro atoms. The van der Waals surface area contributed by atoms with Crippen molar-refractivity contribution in [2.45, 2.75) is 32.6 Å². The van der Waals surface area contributed by atoms with Gasteiger partial charge in [0.05, 0.1) is 0 Å². The summed E-state index contributed by atoms with van der Waals surface area (Å²) in [4.78, 5) is 4.09. The average molecular weight is 154 g/mol. The van der Waals surface area contributed by atoms with E-state index in [1.807, 2.05) is 0 Å². The second kappa shape index (κ2) is 7.32. The van der Waals surface area contributed by atoms with Crippen molar-refractivity contribution < 1.29 is 0 Å². The molecule has 0 saturated carbocycles. The third-order valence-corrected chi connectivity index (χ3v) is 1.52. The summed E-state index contributed by atoms with van der Waals surface area (Å²) in [7, 11) is 0. The van der Waals surface area contributed by atoms with Crippen LogP contribution in [0, 0.1) is 0 Å². The summed E-state index contributed by atoms with van der Waals surface area (Å²) in [6, 6.07) is 0. The van der Waals surface area contributed by atoms with Gasteiger partial charge >= 0.3 is 0 Å². The number of rotatable bonds is 6. The molecule has 2 heteroatoms. The molecule has 0 heterocycles. The van der Waals surface area contributed by atoms with Crippen molar-refractivity contribution in [1.29, 1.82) is 0 Å². The maximum atomic E-state index is 5.42. The number of nitrogens with zero attached hydrogens (tertiary/aromatic N) is 1. The molecule has 0 rings (SSSR count). The predicted octanol–water partition coefficient (Wildman–Crippen LogP) is 2.11. The van der Waals surface area contributed by atoms with Crippen LogP contribution in [0.15, 0.2) is 17.6 Å². The zero-order valence-electron chi connectivity index (χ0n) is 7.34. The number of nitrogens with two attached hydrogens (primary N) is 1. The van der Waals surface area contributed by atoms with Crippen molar-refractivity contribution in [2.75, 3.05) is 6.54 Å². The molecule has 0 fully saturated rings. The van der Waals surface area contributed by atoms with Gasteiger partial charge in [-0.2, -0.15) is 0 Å². The van der Waals surface area contributed by atoms with E-state index in [0.717, 1.165) is 13.0 Å². The van der Waals surface area contributed by atoms with Crippen LogP contribution in [0.2, 0.25) is 0 Å². The number of aliphatic imine (C=N–C) groups is 1. The van der Waals surface area contributed by atoms with Gasteiger partial charge in [-0.3, -0.25) is 4.99 Å². The van der Waals surface area contributed by atoms with Gasteiger partial charge < -0.3 is 5.73 Å². The van der Waals surface area contributed by atoms with Gasteiger partial charge in [-0.15, -0.1) is 0 Å². The molecule has 0 aliphatic rings. The SMILES string of the molecule is C=CC(N)=NCCCCCC. The predicted molar refractivity (Wildman–Crippen MR) is 50.8 cm³/mol. The number of amidine groups is 1. The van der Waals surface area contributed by atoms with Crippen LogP contribution in [0.4, 0.5) is 0 Å². The molecule has 0 aliphatic heterocycles. The lowest BCUT2D eigenvalue weighted by molar-refractivity contribution is 0.675. The van der Waals surface area contributed by atoms with Gasteiger partial charge in [-0.1, -0.05) is 32.8 Å². The Bertz CT molecular complexity index is 128. The van der Waals surface area contributed by atoms with E-state index in [1.54, 1.807) is 6.08 Å². The largest absolute Gasteiger partial charge is 0.384 e. The van der Waals surface area contributed by atoms with Crippen molar-refractivity contribution in [3.63, 3.8) is 0 Å². The summed E-state index contributed by atoms with van der Waals surface area (Å²) in [5, 5.41) is 0. The standard InChI is InChI=1S/C9H18N2/c1-3-5-6-7-8-11-9(10)4-2/h4H,2-3,5-8H2,1H3,(H2,10,11). The number of hydrogen-bond acceptors (Lipinski definition) is 1. The molecule has 0 aliphatic carbocycles. The first-order valence-electron chi connectivity index (χ1n) is 4.23. The number of unbranched alkanes of at least 4 members (excludes halogenated alkanes) is 3. The van der Waals surface area contributed by atoms with Crippen molar-refractivity contribution in [1.82, 2.24) is 0 Å². The summed E-state index contributed by atoms with van der Waals surface area (Å²) < 4.78 is 0. The van der Waals surface area contributed by atoms with Crippen LogP contribution in [0.25, 0.3) is 0 Å².